The normalized spacial score (nSPS) is 11.6. The zero-order valence-corrected chi connectivity index (χ0v) is 34.7. The molecule has 0 atom stereocenters. The van der Waals surface area contributed by atoms with Crippen molar-refractivity contribution in [3.63, 3.8) is 0 Å². The Balaban J connectivity index is 1.49. The third-order valence-corrected chi connectivity index (χ3v) is 9.48. The molecule has 2 aromatic rings. The molecule has 0 bridgehead atoms. The summed E-state index contributed by atoms with van der Waals surface area (Å²) in [5.41, 5.74) is -0.247. The number of hydrogen-bond acceptors (Lipinski definition) is 15. The molecule has 17 nitrogen and oxygen atoms in total. The summed E-state index contributed by atoms with van der Waals surface area (Å²) in [5, 5.41) is 11.3. The lowest BCUT2D eigenvalue weighted by atomic mass is 10.1. The van der Waals surface area contributed by atoms with Gasteiger partial charge in [-0.25, -0.2) is 23.2 Å². The van der Waals surface area contributed by atoms with Crippen molar-refractivity contribution in [1.29, 1.82) is 0 Å². The summed E-state index contributed by atoms with van der Waals surface area (Å²) in [6, 6.07) is 5.96. The highest BCUT2D eigenvalue weighted by Crippen LogP contribution is 2.20. The van der Waals surface area contributed by atoms with Crippen molar-refractivity contribution >= 4 is 39.2 Å². The average molecular weight is 838 g/mol. The van der Waals surface area contributed by atoms with Gasteiger partial charge in [0.05, 0.1) is 50.1 Å². The minimum atomic E-state index is -3.76. The van der Waals surface area contributed by atoms with E-state index in [4.69, 9.17) is 33.5 Å². The third kappa shape index (κ3) is 24.4. The Morgan fingerprint density at radius 2 is 1.29 bits per heavy atom. The smallest absolute Gasteiger partial charge is 0.329 e. The number of esters is 1. The number of rotatable bonds is 33. The summed E-state index contributed by atoms with van der Waals surface area (Å²) >= 11 is 0. The van der Waals surface area contributed by atoms with Gasteiger partial charge in [-0.1, -0.05) is 12.8 Å². The summed E-state index contributed by atoms with van der Waals surface area (Å²) in [5.74, 6) is -1.54. The van der Waals surface area contributed by atoms with E-state index >= 15 is 0 Å². The molecule has 2 N–H and O–H groups in total. The maximum Gasteiger partial charge on any atom is 0.329 e. The highest BCUT2D eigenvalue weighted by molar-refractivity contribution is 7.90. The van der Waals surface area contributed by atoms with Crippen LogP contribution in [-0.4, -0.2) is 125 Å². The van der Waals surface area contributed by atoms with Crippen LogP contribution in [0.15, 0.2) is 41.6 Å². The van der Waals surface area contributed by atoms with E-state index in [2.05, 4.69) is 15.3 Å². The molecule has 0 aliphatic rings. The molecule has 1 heterocycles. The van der Waals surface area contributed by atoms with E-state index in [-0.39, 0.29) is 93.3 Å². The fourth-order valence-electron chi connectivity index (χ4n) is 5.02. The predicted octanol–water partition coefficient (Wildman–Crippen LogP) is 4.09. The number of carboxylic acid groups (broad SMARTS) is 1. The van der Waals surface area contributed by atoms with E-state index in [1.165, 1.54) is 24.5 Å². The summed E-state index contributed by atoms with van der Waals surface area (Å²) in [6.45, 7) is 7.28. The first-order valence-corrected chi connectivity index (χ1v) is 21.1. The van der Waals surface area contributed by atoms with E-state index in [1.54, 1.807) is 32.9 Å². The van der Waals surface area contributed by atoms with Crippen LogP contribution in [0.4, 0.5) is 0 Å². The first-order valence-electron chi connectivity index (χ1n) is 19.5. The summed E-state index contributed by atoms with van der Waals surface area (Å²) < 4.78 is 57.6. The van der Waals surface area contributed by atoms with Crippen LogP contribution in [0, 0.1) is 0 Å². The number of ketones is 2. The van der Waals surface area contributed by atoms with Crippen LogP contribution >= 0.6 is 0 Å². The van der Waals surface area contributed by atoms with Gasteiger partial charge in [-0.2, -0.15) is 0 Å². The Bertz CT molecular complexity index is 1650. The van der Waals surface area contributed by atoms with Crippen LogP contribution in [0.1, 0.15) is 101 Å². The maximum atomic E-state index is 12.9. The number of aliphatic carboxylic acids is 1. The lowest BCUT2D eigenvalue weighted by Gasteiger charge is -2.19. The van der Waals surface area contributed by atoms with Gasteiger partial charge in [-0.15, -0.1) is 0 Å². The van der Waals surface area contributed by atoms with Crippen molar-refractivity contribution in [2.75, 3.05) is 66.0 Å². The molecular weight excluding hydrogens is 779 g/mol. The Labute approximate surface area is 340 Å². The van der Waals surface area contributed by atoms with Gasteiger partial charge in [0.1, 0.15) is 36.1 Å². The number of nitrogens with zero attached hydrogens (tertiary/aromatic N) is 2. The van der Waals surface area contributed by atoms with Crippen molar-refractivity contribution in [2.45, 2.75) is 101 Å². The molecule has 0 aliphatic carbocycles. The van der Waals surface area contributed by atoms with Crippen molar-refractivity contribution in [3.8, 4) is 5.75 Å². The van der Waals surface area contributed by atoms with Crippen molar-refractivity contribution < 1.29 is 65.9 Å². The molecule has 324 valence electrons. The topological polar surface area (TPSA) is 233 Å². The Kier molecular flexibility index (Phi) is 24.1. The third-order valence-electron chi connectivity index (χ3n) is 7.85. The van der Waals surface area contributed by atoms with E-state index in [0.29, 0.717) is 69.6 Å². The number of carbonyl (C=O) groups excluding carboxylic acids is 4. The molecule has 2 rings (SSSR count). The maximum absolute atomic E-state index is 12.9. The Morgan fingerprint density at radius 1 is 0.690 bits per heavy atom. The van der Waals surface area contributed by atoms with Crippen LogP contribution in [-0.2, 0) is 58.5 Å². The number of carbonyl (C=O) groups is 5. The zero-order chi connectivity index (χ0) is 42.7. The molecular formula is C40H59N3O14S. The van der Waals surface area contributed by atoms with Crippen LogP contribution in [0.2, 0.25) is 0 Å². The van der Waals surface area contributed by atoms with E-state index < -0.39 is 27.2 Å². The minimum Gasteiger partial charge on any atom is -0.494 e. The first kappa shape index (κ1) is 49.8. The van der Waals surface area contributed by atoms with Crippen molar-refractivity contribution in [3.05, 3.63) is 48.0 Å². The minimum absolute atomic E-state index is 0.0234. The zero-order valence-electron chi connectivity index (χ0n) is 33.9. The van der Waals surface area contributed by atoms with Crippen LogP contribution in [0.5, 0.6) is 5.75 Å². The fourth-order valence-corrected chi connectivity index (χ4v) is 6.22. The van der Waals surface area contributed by atoms with Crippen LogP contribution in [0.3, 0.4) is 0 Å². The molecule has 0 saturated heterocycles. The fraction of sp³-hybridized carbons (Fsp3) is 0.625. The molecule has 0 spiro atoms. The van der Waals surface area contributed by atoms with Gasteiger partial charge in [-0.3, -0.25) is 19.2 Å². The number of aromatic nitrogens is 2. The van der Waals surface area contributed by atoms with E-state index in [1.807, 2.05) is 0 Å². The monoisotopic (exact) mass is 837 g/mol. The van der Waals surface area contributed by atoms with E-state index in [9.17, 15) is 32.4 Å². The number of nitrogens with one attached hydrogen (secondary N) is 1. The molecule has 58 heavy (non-hydrogen) atoms. The Morgan fingerprint density at radius 3 is 1.95 bits per heavy atom. The number of carboxylic acids is 1. The molecule has 0 saturated carbocycles. The second-order valence-corrected chi connectivity index (χ2v) is 16.2. The number of ether oxygens (including phenoxy) is 6. The number of Topliss-reactive ketones (excluding diaryl/α,β-unsaturated/α-hetero) is 2. The second-order valence-electron chi connectivity index (χ2n) is 14.2. The molecule has 1 aromatic heterocycles. The molecule has 0 radical (unpaired) electrons. The number of hydrogen-bond donors (Lipinski definition) is 2. The van der Waals surface area contributed by atoms with Gasteiger partial charge in [0.2, 0.25) is 5.91 Å². The van der Waals surface area contributed by atoms with E-state index in [0.717, 1.165) is 12.8 Å². The SMILES string of the molecule is CC(C)(C)OC(=O)CCCOc1ccc(S(=O)(=O)Cc2ncc(C(=O)CCCCCCC(=O)NCCOCCOCC(=O)CCCOCCOCC(=O)O)cn2)cc1. The van der Waals surface area contributed by atoms with Crippen molar-refractivity contribution in [2.24, 2.45) is 0 Å². The number of unbranched alkanes of at least 4 members (excludes halogenated alkanes) is 3. The van der Waals surface area contributed by atoms with Gasteiger partial charge in [0.15, 0.2) is 21.4 Å². The second kappa shape index (κ2) is 28.1. The van der Waals surface area contributed by atoms with Crippen molar-refractivity contribution in [1.82, 2.24) is 15.3 Å². The summed E-state index contributed by atoms with van der Waals surface area (Å²) in [6.07, 6.45) is 7.66. The summed E-state index contributed by atoms with van der Waals surface area (Å²) in [4.78, 5) is 67.0. The number of benzene rings is 1. The Hall–Kier alpha value is -4.36. The number of sulfone groups is 1. The molecule has 1 amide bonds. The van der Waals surface area contributed by atoms with Gasteiger partial charge in [0.25, 0.3) is 0 Å². The van der Waals surface area contributed by atoms with Gasteiger partial charge < -0.3 is 38.8 Å². The average Bonchev–Trinajstić information content (AvgIpc) is 3.16. The molecule has 0 fully saturated rings. The van der Waals surface area contributed by atoms with Crippen LogP contribution < -0.4 is 10.1 Å². The molecule has 1 aromatic carbocycles. The molecule has 0 unspecified atom stereocenters. The highest BCUT2D eigenvalue weighted by Gasteiger charge is 2.19. The predicted molar refractivity (Wildman–Crippen MR) is 210 cm³/mol. The van der Waals surface area contributed by atoms with Crippen LogP contribution in [0.25, 0.3) is 0 Å². The molecule has 18 heteroatoms. The highest BCUT2D eigenvalue weighted by atomic mass is 32.2. The molecule has 0 aliphatic heterocycles. The standard InChI is InChI=1S/C40H59N3O14S/c1-40(2,3)57-39(49)13-9-20-56-33-14-16-34(17-15-33)58(50,51)30-36-42-26-31(27-43-36)35(45)11-6-4-5-7-12-37(46)41-18-21-53-23-24-54-28-32(44)10-8-19-52-22-25-55-29-38(47)48/h14-17,26-27H,4-13,18-25,28-30H2,1-3H3,(H,41,46)(H,47,48). The van der Waals surface area contributed by atoms with Gasteiger partial charge >= 0.3 is 11.9 Å². The lowest BCUT2D eigenvalue weighted by molar-refractivity contribution is -0.155. The lowest BCUT2D eigenvalue weighted by Crippen LogP contribution is -2.27. The quantitative estimate of drug-likeness (QED) is 0.0585. The van der Waals surface area contributed by atoms with Gasteiger partial charge in [-0.05, 0) is 70.7 Å². The number of amides is 1. The first-order chi connectivity index (χ1) is 27.6. The van der Waals surface area contributed by atoms with Gasteiger partial charge in [0, 0.05) is 51.2 Å². The summed E-state index contributed by atoms with van der Waals surface area (Å²) in [7, 11) is -3.76. The largest absolute Gasteiger partial charge is 0.494 e.